The third kappa shape index (κ3) is 2.79. The van der Waals surface area contributed by atoms with Gasteiger partial charge in [-0.1, -0.05) is 0 Å². The second-order valence-corrected chi connectivity index (χ2v) is 3.00. The molecule has 0 heterocycles. The number of nitrogens with two attached hydrogens (primary N) is 1. The molecular weight excluding hydrogens is 156 g/mol. The average Bonchev–Trinajstić information content (AvgIpc) is 2.05. The van der Waals surface area contributed by atoms with Crippen molar-refractivity contribution in [1.29, 1.82) is 0 Å². The molecule has 1 unspecified atom stereocenters. The Bertz CT molecular complexity index is 140. The molecule has 0 aromatic carbocycles. The molecule has 0 aromatic heterocycles. The summed E-state index contributed by atoms with van der Waals surface area (Å²) in [6.45, 7) is 4.12. The van der Waals surface area contributed by atoms with Crippen molar-refractivity contribution in [1.82, 2.24) is 4.90 Å². The van der Waals surface area contributed by atoms with Crippen LogP contribution in [0.2, 0.25) is 0 Å². The van der Waals surface area contributed by atoms with Gasteiger partial charge in [-0.2, -0.15) is 0 Å². The van der Waals surface area contributed by atoms with Gasteiger partial charge < -0.3 is 15.4 Å². The molecule has 12 heavy (non-hydrogen) atoms. The highest BCUT2D eigenvalue weighted by molar-refractivity contribution is 5.81. The maximum Gasteiger partial charge on any atom is 0.252 e. The van der Waals surface area contributed by atoms with Gasteiger partial charge in [0.05, 0.1) is 0 Å². The minimum Gasteiger partial charge on any atom is -0.370 e. The normalized spacial score (nSPS) is 13.2. The Kier molecular flexibility index (Phi) is 4.85. The van der Waals surface area contributed by atoms with E-state index in [1.807, 2.05) is 13.8 Å². The van der Waals surface area contributed by atoms with E-state index >= 15 is 0 Å². The van der Waals surface area contributed by atoms with Crippen molar-refractivity contribution in [2.24, 2.45) is 5.73 Å². The van der Waals surface area contributed by atoms with Crippen LogP contribution in [0.1, 0.15) is 13.8 Å². The van der Waals surface area contributed by atoms with Crippen molar-refractivity contribution < 1.29 is 9.53 Å². The van der Waals surface area contributed by atoms with Crippen LogP contribution in [-0.2, 0) is 9.53 Å². The molecule has 0 bridgehead atoms. The van der Waals surface area contributed by atoms with Gasteiger partial charge in [0.25, 0.3) is 5.91 Å². The highest BCUT2D eigenvalue weighted by Gasteiger charge is 2.21. The third-order valence-corrected chi connectivity index (χ3v) is 1.90. The number of methoxy groups -OCH3 is 1. The van der Waals surface area contributed by atoms with Gasteiger partial charge in [-0.05, 0) is 13.8 Å². The highest BCUT2D eigenvalue weighted by atomic mass is 16.5. The number of hydrogen-bond donors (Lipinski definition) is 1. The smallest absolute Gasteiger partial charge is 0.252 e. The highest BCUT2D eigenvalue weighted by Crippen LogP contribution is 1.99. The number of hydrogen-bond acceptors (Lipinski definition) is 3. The molecule has 0 radical (unpaired) electrons. The third-order valence-electron chi connectivity index (χ3n) is 1.90. The van der Waals surface area contributed by atoms with Gasteiger partial charge in [-0.15, -0.1) is 0 Å². The van der Waals surface area contributed by atoms with Crippen LogP contribution in [0.3, 0.4) is 0 Å². The summed E-state index contributed by atoms with van der Waals surface area (Å²) in [6, 6.07) is 0.182. The summed E-state index contributed by atoms with van der Waals surface area (Å²) in [5, 5.41) is 0. The molecule has 2 N–H and O–H groups in total. The van der Waals surface area contributed by atoms with Gasteiger partial charge in [0.1, 0.15) is 6.10 Å². The summed E-state index contributed by atoms with van der Waals surface area (Å²) in [6.07, 6.45) is -0.502. The molecule has 0 rings (SSSR count). The molecular formula is C8H18N2O2. The molecule has 0 saturated heterocycles. The van der Waals surface area contributed by atoms with E-state index in [2.05, 4.69) is 0 Å². The SMILES string of the molecule is COC(CN)C(=O)N(C)C(C)C. The van der Waals surface area contributed by atoms with Gasteiger partial charge >= 0.3 is 0 Å². The van der Waals surface area contributed by atoms with Crippen molar-refractivity contribution in [3.8, 4) is 0 Å². The van der Waals surface area contributed by atoms with E-state index in [4.69, 9.17) is 10.5 Å². The molecule has 0 aromatic rings. The Balaban J connectivity index is 4.16. The summed E-state index contributed by atoms with van der Waals surface area (Å²) in [5.41, 5.74) is 5.35. The van der Waals surface area contributed by atoms with Gasteiger partial charge in [-0.3, -0.25) is 4.79 Å². The van der Waals surface area contributed by atoms with Crippen molar-refractivity contribution in [2.75, 3.05) is 20.7 Å². The van der Waals surface area contributed by atoms with Crippen molar-refractivity contribution >= 4 is 5.91 Å². The molecule has 4 nitrogen and oxygen atoms in total. The molecule has 0 fully saturated rings. The predicted molar refractivity (Wildman–Crippen MR) is 47.8 cm³/mol. The number of nitrogens with zero attached hydrogens (tertiary/aromatic N) is 1. The van der Waals surface area contributed by atoms with E-state index in [1.54, 1.807) is 11.9 Å². The minimum absolute atomic E-state index is 0.0602. The fourth-order valence-corrected chi connectivity index (χ4v) is 0.779. The topological polar surface area (TPSA) is 55.6 Å². The Morgan fingerprint density at radius 1 is 1.58 bits per heavy atom. The number of amides is 1. The molecule has 72 valence electrons. The van der Waals surface area contributed by atoms with E-state index in [9.17, 15) is 4.79 Å². The Morgan fingerprint density at radius 2 is 2.08 bits per heavy atom. The molecule has 1 atom stereocenters. The number of ether oxygens (including phenoxy) is 1. The molecule has 0 aliphatic rings. The zero-order valence-electron chi connectivity index (χ0n) is 8.20. The first-order chi connectivity index (χ1) is 5.54. The molecule has 0 aliphatic heterocycles. The average molecular weight is 174 g/mol. The first-order valence-corrected chi connectivity index (χ1v) is 4.04. The largest absolute Gasteiger partial charge is 0.370 e. The zero-order valence-corrected chi connectivity index (χ0v) is 8.20. The van der Waals surface area contributed by atoms with E-state index in [1.165, 1.54) is 7.11 Å². The van der Waals surface area contributed by atoms with E-state index in [0.717, 1.165) is 0 Å². The monoisotopic (exact) mass is 174 g/mol. The Labute approximate surface area is 73.7 Å². The number of likely N-dealkylation sites (N-methyl/N-ethyl adjacent to an activating group) is 1. The molecule has 0 saturated carbocycles. The van der Waals surface area contributed by atoms with Gasteiger partial charge in [0.15, 0.2) is 0 Å². The van der Waals surface area contributed by atoms with Gasteiger partial charge in [0, 0.05) is 26.7 Å². The summed E-state index contributed by atoms with van der Waals surface area (Å²) in [7, 11) is 3.23. The maximum absolute atomic E-state index is 11.5. The lowest BCUT2D eigenvalue weighted by Gasteiger charge is -2.25. The van der Waals surface area contributed by atoms with E-state index in [0.29, 0.717) is 0 Å². The summed E-state index contributed by atoms with van der Waals surface area (Å²) in [4.78, 5) is 13.1. The fraction of sp³-hybridized carbons (Fsp3) is 0.875. The number of rotatable bonds is 4. The lowest BCUT2D eigenvalue weighted by atomic mass is 10.2. The Hall–Kier alpha value is -0.610. The lowest BCUT2D eigenvalue weighted by molar-refractivity contribution is -0.141. The molecule has 0 spiro atoms. The van der Waals surface area contributed by atoms with Crippen molar-refractivity contribution in [3.05, 3.63) is 0 Å². The van der Waals surface area contributed by atoms with Crippen LogP contribution in [0.15, 0.2) is 0 Å². The van der Waals surface area contributed by atoms with E-state index < -0.39 is 6.10 Å². The van der Waals surface area contributed by atoms with E-state index in [-0.39, 0.29) is 18.5 Å². The summed E-state index contributed by atoms with van der Waals surface area (Å²) < 4.78 is 4.92. The van der Waals surface area contributed by atoms with Crippen molar-refractivity contribution in [2.45, 2.75) is 26.0 Å². The Morgan fingerprint density at radius 3 is 2.33 bits per heavy atom. The van der Waals surface area contributed by atoms with Crippen LogP contribution in [0.4, 0.5) is 0 Å². The van der Waals surface area contributed by atoms with Crippen LogP contribution in [0, 0.1) is 0 Å². The first-order valence-electron chi connectivity index (χ1n) is 4.04. The molecule has 1 amide bonds. The zero-order chi connectivity index (χ0) is 9.72. The molecule has 4 heteroatoms. The van der Waals surface area contributed by atoms with Gasteiger partial charge in [-0.25, -0.2) is 0 Å². The van der Waals surface area contributed by atoms with Crippen molar-refractivity contribution in [3.63, 3.8) is 0 Å². The van der Waals surface area contributed by atoms with Crippen LogP contribution in [-0.4, -0.2) is 43.7 Å². The summed E-state index contributed by atoms with van der Waals surface area (Å²) >= 11 is 0. The number of carbonyl (C=O) groups is 1. The summed E-state index contributed by atoms with van der Waals surface area (Å²) in [5.74, 6) is -0.0602. The van der Waals surface area contributed by atoms with Gasteiger partial charge in [0.2, 0.25) is 0 Å². The maximum atomic E-state index is 11.5. The predicted octanol–water partition coefficient (Wildman–Crippen LogP) is -0.173. The second-order valence-electron chi connectivity index (χ2n) is 3.00. The fourth-order valence-electron chi connectivity index (χ4n) is 0.779. The van der Waals surface area contributed by atoms with Crippen LogP contribution in [0.25, 0.3) is 0 Å². The molecule has 0 aliphatic carbocycles. The van der Waals surface area contributed by atoms with Crippen LogP contribution in [0.5, 0.6) is 0 Å². The standard InChI is InChI=1S/C8H18N2O2/c1-6(2)10(3)8(11)7(5-9)12-4/h6-7H,5,9H2,1-4H3. The van der Waals surface area contributed by atoms with Crippen LogP contribution < -0.4 is 5.73 Å². The second kappa shape index (κ2) is 5.11. The van der Waals surface area contributed by atoms with Crippen LogP contribution >= 0.6 is 0 Å². The quantitative estimate of drug-likeness (QED) is 0.643. The first kappa shape index (κ1) is 11.4. The lowest BCUT2D eigenvalue weighted by Crippen LogP contribution is -2.44. The number of carbonyl (C=O) groups excluding carboxylic acids is 1. The minimum atomic E-state index is -0.502.